The third-order valence-electron chi connectivity index (χ3n) is 11.1. The van der Waals surface area contributed by atoms with E-state index in [0.717, 1.165) is 11.4 Å². The van der Waals surface area contributed by atoms with Gasteiger partial charge < -0.3 is 4.90 Å². The zero-order valence-electron chi connectivity index (χ0n) is 27.8. The molecule has 11 rings (SSSR count). The van der Waals surface area contributed by atoms with Crippen LogP contribution in [-0.2, 0) is 5.41 Å². The minimum atomic E-state index is -0.395. The van der Waals surface area contributed by atoms with Crippen LogP contribution in [0.25, 0.3) is 53.6 Å². The van der Waals surface area contributed by atoms with Gasteiger partial charge in [0, 0.05) is 37.1 Å². The SMILES string of the molecule is c1ccc(-c2ccc(N(c3ccc4c(c3)sc3ccccc34)c3cccc4c3-c3ccccc3C43c4ccccc4-c4ccccc43)cc2)cc1. The molecule has 0 N–H and O–H groups in total. The van der Waals surface area contributed by atoms with Crippen LogP contribution in [0.5, 0.6) is 0 Å². The Morgan fingerprint density at radius 3 is 1.67 bits per heavy atom. The molecule has 0 saturated carbocycles. The Morgan fingerprint density at radius 2 is 0.922 bits per heavy atom. The number of thiophene rings is 1. The molecule has 0 unspecified atom stereocenters. The molecule has 0 saturated heterocycles. The molecule has 0 aliphatic heterocycles. The van der Waals surface area contributed by atoms with Crippen LogP contribution in [0.4, 0.5) is 17.1 Å². The Morgan fingerprint density at radius 1 is 0.373 bits per heavy atom. The highest BCUT2D eigenvalue weighted by atomic mass is 32.1. The van der Waals surface area contributed by atoms with E-state index in [0.29, 0.717) is 0 Å². The van der Waals surface area contributed by atoms with Gasteiger partial charge in [-0.15, -0.1) is 11.3 Å². The monoisotopic (exact) mass is 665 g/mol. The predicted octanol–water partition coefficient (Wildman–Crippen LogP) is 13.5. The largest absolute Gasteiger partial charge is 0.310 e. The number of nitrogens with zero attached hydrogens (tertiary/aromatic N) is 1. The molecule has 51 heavy (non-hydrogen) atoms. The molecule has 238 valence electrons. The molecule has 1 heterocycles. The van der Waals surface area contributed by atoms with E-state index in [1.54, 1.807) is 0 Å². The molecule has 8 aromatic carbocycles. The highest BCUT2D eigenvalue weighted by Gasteiger charge is 2.52. The summed E-state index contributed by atoms with van der Waals surface area (Å²) in [6.45, 7) is 0. The third kappa shape index (κ3) is 3.97. The summed E-state index contributed by atoms with van der Waals surface area (Å²) in [5.74, 6) is 0. The fourth-order valence-electron chi connectivity index (χ4n) is 9.03. The molecular formula is C49H31NS. The first-order valence-corrected chi connectivity index (χ1v) is 18.4. The lowest BCUT2D eigenvalue weighted by Crippen LogP contribution is -2.26. The van der Waals surface area contributed by atoms with Crippen LogP contribution in [0, 0.1) is 0 Å². The maximum Gasteiger partial charge on any atom is 0.0726 e. The van der Waals surface area contributed by atoms with Gasteiger partial charge in [0.1, 0.15) is 0 Å². The quantitative estimate of drug-likeness (QED) is 0.181. The average molecular weight is 666 g/mol. The van der Waals surface area contributed by atoms with Gasteiger partial charge in [-0.3, -0.25) is 0 Å². The van der Waals surface area contributed by atoms with E-state index in [-0.39, 0.29) is 0 Å². The van der Waals surface area contributed by atoms with Crippen LogP contribution >= 0.6 is 11.3 Å². The molecule has 2 heteroatoms. The van der Waals surface area contributed by atoms with Crippen molar-refractivity contribution in [1.29, 1.82) is 0 Å². The maximum atomic E-state index is 2.49. The minimum Gasteiger partial charge on any atom is -0.310 e. The highest BCUT2D eigenvalue weighted by Crippen LogP contribution is 2.64. The summed E-state index contributed by atoms with van der Waals surface area (Å²) in [5.41, 5.74) is 16.2. The molecule has 0 fully saturated rings. The molecule has 0 atom stereocenters. The summed E-state index contributed by atoms with van der Waals surface area (Å²) in [5, 5.41) is 2.62. The van der Waals surface area contributed by atoms with Gasteiger partial charge in [0.15, 0.2) is 0 Å². The van der Waals surface area contributed by atoms with Gasteiger partial charge in [-0.1, -0.05) is 152 Å². The first-order chi connectivity index (χ1) is 25.3. The second kappa shape index (κ2) is 10.9. The van der Waals surface area contributed by atoms with Crippen LogP contribution in [-0.4, -0.2) is 0 Å². The molecule has 1 spiro atoms. The smallest absolute Gasteiger partial charge is 0.0726 e. The minimum absolute atomic E-state index is 0.395. The van der Waals surface area contributed by atoms with E-state index in [1.807, 2.05) is 11.3 Å². The van der Waals surface area contributed by atoms with Crippen LogP contribution in [0.15, 0.2) is 188 Å². The molecule has 0 amide bonds. The summed E-state index contributed by atoms with van der Waals surface area (Å²) >= 11 is 1.87. The number of anilines is 3. The standard InChI is InChI=1S/C49H31NS/c1-2-13-32(14-3-1)33-25-27-34(28-26-33)50(35-29-30-39-38-17-7-11-24-46(38)51-47(39)31-35)45-23-12-22-44-48(45)40-18-6-10-21-43(40)49(44)41-19-8-4-15-36(41)37-16-5-9-20-42(37)49/h1-31H. The molecule has 0 radical (unpaired) electrons. The summed E-state index contributed by atoms with van der Waals surface area (Å²) in [6, 6.07) is 69.7. The second-order valence-corrected chi connectivity index (χ2v) is 14.7. The van der Waals surface area contributed by atoms with Crippen molar-refractivity contribution in [2.24, 2.45) is 0 Å². The van der Waals surface area contributed by atoms with Gasteiger partial charge in [0.25, 0.3) is 0 Å². The summed E-state index contributed by atoms with van der Waals surface area (Å²) in [6.07, 6.45) is 0. The number of fused-ring (bicyclic) bond motifs is 13. The summed E-state index contributed by atoms with van der Waals surface area (Å²) in [4.78, 5) is 2.49. The van der Waals surface area contributed by atoms with E-state index < -0.39 is 5.41 Å². The fraction of sp³-hybridized carbons (Fsp3) is 0.0204. The zero-order chi connectivity index (χ0) is 33.5. The first-order valence-electron chi connectivity index (χ1n) is 17.6. The molecule has 1 aromatic heterocycles. The highest BCUT2D eigenvalue weighted by molar-refractivity contribution is 7.25. The Balaban J connectivity index is 1.19. The van der Waals surface area contributed by atoms with Gasteiger partial charge in [-0.2, -0.15) is 0 Å². The Kier molecular flexibility index (Phi) is 6.11. The summed E-state index contributed by atoms with van der Waals surface area (Å²) < 4.78 is 2.61. The molecule has 9 aromatic rings. The normalized spacial score (nSPS) is 13.3. The zero-order valence-corrected chi connectivity index (χ0v) is 28.6. The van der Waals surface area contributed by atoms with E-state index >= 15 is 0 Å². The summed E-state index contributed by atoms with van der Waals surface area (Å²) in [7, 11) is 0. The van der Waals surface area contributed by atoms with Crippen LogP contribution in [0.1, 0.15) is 22.3 Å². The van der Waals surface area contributed by atoms with Gasteiger partial charge in [0.05, 0.1) is 11.1 Å². The van der Waals surface area contributed by atoms with Gasteiger partial charge in [0.2, 0.25) is 0 Å². The van der Waals surface area contributed by atoms with Crippen molar-refractivity contribution in [2.75, 3.05) is 4.90 Å². The third-order valence-corrected chi connectivity index (χ3v) is 12.2. The lowest BCUT2D eigenvalue weighted by molar-refractivity contribution is 0.794. The number of benzene rings is 8. The molecule has 2 aliphatic carbocycles. The van der Waals surface area contributed by atoms with Crippen LogP contribution < -0.4 is 4.90 Å². The lowest BCUT2D eigenvalue weighted by atomic mass is 9.70. The molecule has 2 aliphatic rings. The average Bonchev–Trinajstić information content (AvgIpc) is 3.83. The number of hydrogen-bond acceptors (Lipinski definition) is 2. The van der Waals surface area contributed by atoms with Gasteiger partial charge in [-0.25, -0.2) is 0 Å². The lowest BCUT2D eigenvalue weighted by Gasteiger charge is -2.32. The van der Waals surface area contributed by atoms with Gasteiger partial charge in [-0.05, 0) is 86.5 Å². The second-order valence-electron chi connectivity index (χ2n) is 13.6. The Labute approximate surface area is 301 Å². The van der Waals surface area contributed by atoms with Crippen molar-refractivity contribution in [3.63, 3.8) is 0 Å². The van der Waals surface area contributed by atoms with Crippen molar-refractivity contribution in [1.82, 2.24) is 0 Å². The molecule has 0 bridgehead atoms. The van der Waals surface area contributed by atoms with Crippen molar-refractivity contribution in [3.8, 4) is 33.4 Å². The predicted molar refractivity (Wildman–Crippen MR) is 216 cm³/mol. The van der Waals surface area contributed by atoms with Crippen molar-refractivity contribution >= 4 is 48.6 Å². The van der Waals surface area contributed by atoms with E-state index in [2.05, 4.69) is 193 Å². The van der Waals surface area contributed by atoms with E-state index in [9.17, 15) is 0 Å². The number of rotatable bonds is 4. The first kappa shape index (κ1) is 28.6. The Bertz CT molecular complexity index is 2760. The molecule has 1 nitrogen and oxygen atoms in total. The molecular weight excluding hydrogens is 635 g/mol. The van der Waals surface area contributed by atoms with Gasteiger partial charge >= 0.3 is 0 Å². The van der Waals surface area contributed by atoms with Crippen molar-refractivity contribution < 1.29 is 0 Å². The van der Waals surface area contributed by atoms with Crippen molar-refractivity contribution in [3.05, 3.63) is 210 Å². The number of hydrogen-bond donors (Lipinski definition) is 0. The topological polar surface area (TPSA) is 3.24 Å². The Hall–Kier alpha value is -6.22. The van der Waals surface area contributed by atoms with E-state index in [4.69, 9.17) is 0 Å². The fourth-order valence-corrected chi connectivity index (χ4v) is 10.2. The van der Waals surface area contributed by atoms with Crippen LogP contribution in [0.2, 0.25) is 0 Å². The maximum absolute atomic E-state index is 2.49. The van der Waals surface area contributed by atoms with Crippen LogP contribution in [0.3, 0.4) is 0 Å². The van der Waals surface area contributed by atoms with E-state index in [1.165, 1.54) is 81.5 Å². The van der Waals surface area contributed by atoms with Crippen molar-refractivity contribution in [2.45, 2.75) is 5.41 Å².